The van der Waals surface area contributed by atoms with E-state index >= 15 is 0 Å². The van der Waals surface area contributed by atoms with E-state index in [1.165, 1.54) is 18.0 Å². The van der Waals surface area contributed by atoms with Crippen molar-refractivity contribution in [3.63, 3.8) is 0 Å². The lowest BCUT2D eigenvalue weighted by molar-refractivity contribution is -0.114. The molecule has 0 bridgehead atoms. The topological polar surface area (TPSA) is 116 Å². The maximum Gasteiger partial charge on any atom is 0.254 e. The van der Waals surface area contributed by atoms with Crippen molar-refractivity contribution >= 4 is 46.6 Å². The SMILES string of the molecule is CCOc1ccc(NC(=O)C2=C(C)NC(SCC(=O)Nc3ccc(Cl)cc3)=C(C#N)[C@@H]2c2ccco2)cc1. The van der Waals surface area contributed by atoms with E-state index in [0.29, 0.717) is 50.8 Å². The van der Waals surface area contributed by atoms with Gasteiger partial charge < -0.3 is 25.1 Å². The summed E-state index contributed by atoms with van der Waals surface area (Å²) in [6.07, 6.45) is 1.50. The quantitative estimate of drug-likeness (QED) is 0.298. The Kier molecular flexibility index (Phi) is 8.79. The summed E-state index contributed by atoms with van der Waals surface area (Å²) in [5, 5.41) is 20.0. The molecule has 0 spiro atoms. The highest BCUT2D eigenvalue weighted by molar-refractivity contribution is 8.03. The molecule has 3 aromatic rings. The van der Waals surface area contributed by atoms with Crippen LogP contribution in [0.15, 0.2) is 93.2 Å². The molecule has 4 rings (SSSR count). The molecule has 194 valence electrons. The predicted octanol–water partition coefficient (Wildman–Crippen LogP) is 6.04. The number of hydrogen-bond acceptors (Lipinski definition) is 7. The van der Waals surface area contributed by atoms with E-state index in [4.69, 9.17) is 20.8 Å². The molecule has 3 N–H and O–H groups in total. The van der Waals surface area contributed by atoms with Gasteiger partial charge in [0.05, 0.1) is 46.8 Å². The third-order valence-electron chi connectivity index (χ3n) is 5.62. The number of carbonyl (C=O) groups is 2. The van der Waals surface area contributed by atoms with Crippen LogP contribution in [0.5, 0.6) is 5.75 Å². The largest absolute Gasteiger partial charge is 0.494 e. The number of carbonyl (C=O) groups excluding carboxylic acids is 2. The third-order valence-corrected chi connectivity index (χ3v) is 6.89. The normalized spacial score (nSPS) is 14.9. The van der Waals surface area contributed by atoms with Gasteiger partial charge in [-0.1, -0.05) is 23.4 Å². The number of benzene rings is 2. The summed E-state index contributed by atoms with van der Waals surface area (Å²) in [7, 11) is 0. The highest BCUT2D eigenvalue weighted by atomic mass is 35.5. The molecule has 1 atom stereocenters. The zero-order chi connectivity index (χ0) is 27.1. The fourth-order valence-corrected chi connectivity index (χ4v) is 4.95. The van der Waals surface area contributed by atoms with Crippen LogP contribution in [0.25, 0.3) is 0 Å². The molecule has 0 aliphatic carbocycles. The van der Waals surface area contributed by atoms with Gasteiger partial charge in [-0.15, -0.1) is 0 Å². The summed E-state index contributed by atoms with van der Waals surface area (Å²) < 4.78 is 11.1. The first-order valence-electron chi connectivity index (χ1n) is 11.8. The molecule has 0 unspecified atom stereocenters. The van der Waals surface area contributed by atoms with Crippen LogP contribution in [0, 0.1) is 11.3 Å². The first-order chi connectivity index (χ1) is 18.4. The van der Waals surface area contributed by atoms with Gasteiger partial charge in [0.1, 0.15) is 11.5 Å². The Bertz CT molecular complexity index is 1410. The predicted molar refractivity (Wildman–Crippen MR) is 149 cm³/mol. The standard InChI is InChI=1S/C28H25ClN4O4S/c1-3-36-21-12-10-20(11-13-21)33-27(35)25-17(2)31-28(22(15-30)26(25)23-5-4-14-37-23)38-16-24(34)32-19-8-6-18(29)7-9-19/h4-14,26,31H,3,16H2,1-2H3,(H,32,34)(H,33,35)/t26-/m1/s1. The van der Waals surface area contributed by atoms with Crippen LogP contribution >= 0.6 is 23.4 Å². The fraction of sp³-hybridized carbons (Fsp3) is 0.179. The molecule has 2 heterocycles. The average Bonchev–Trinajstić information content (AvgIpc) is 3.44. The molecule has 1 aliphatic rings. The molecule has 10 heteroatoms. The van der Waals surface area contributed by atoms with Crippen LogP contribution in [-0.4, -0.2) is 24.2 Å². The number of halogens is 1. The van der Waals surface area contributed by atoms with Crippen molar-refractivity contribution in [2.75, 3.05) is 23.0 Å². The van der Waals surface area contributed by atoms with Crippen molar-refractivity contribution in [3.05, 3.63) is 99.6 Å². The van der Waals surface area contributed by atoms with Gasteiger partial charge >= 0.3 is 0 Å². The maximum atomic E-state index is 13.5. The second kappa shape index (κ2) is 12.4. The molecule has 2 aromatic carbocycles. The van der Waals surface area contributed by atoms with E-state index in [1.54, 1.807) is 67.6 Å². The number of furan rings is 1. The number of nitriles is 1. The van der Waals surface area contributed by atoms with E-state index in [9.17, 15) is 14.9 Å². The Morgan fingerprint density at radius 2 is 1.79 bits per heavy atom. The van der Waals surface area contributed by atoms with Crippen molar-refractivity contribution in [2.24, 2.45) is 0 Å². The molecule has 1 aromatic heterocycles. The maximum absolute atomic E-state index is 13.5. The Balaban J connectivity index is 1.55. The molecular weight excluding hydrogens is 524 g/mol. The lowest BCUT2D eigenvalue weighted by atomic mass is 9.85. The van der Waals surface area contributed by atoms with E-state index < -0.39 is 5.92 Å². The van der Waals surface area contributed by atoms with Crippen molar-refractivity contribution < 1.29 is 18.7 Å². The zero-order valence-electron chi connectivity index (χ0n) is 20.7. The second-order valence-electron chi connectivity index (χ2n) is 8.22. The van der Waals surface area contributed by atoms with Crippen LogP contribution in [-0.2, 0) is 9.59 Å². The summed E-state index contributed by atoms with van der Waals surface area (Å²) in [5.41, 5.74) is 2.38. The minimum Gasteiger partial charge on any atom is -0.494 e. The van der Waals surface area contributed by atoms with E-state index in [1.807, 2.05) is 6.92 Å². The third kappa shape index (κ3) is 6.40. The van der Waals surface area contributed by atoms with E-state index in [2.05, 4.69) is 22.0 Å². The molecule has 8 nitrogen and oxygen atoms in total. The van der Waals surface area contributed by atoms with Gasteiger partial charge in [0.25, 0.3) is 5.91 Å². The smallest absolute Gasteiger partial charge is 0.254 e. The number of nitrogens with one attached hydrogen (secondary N) is 3. The van der Waals surface area contributed by atoms with Gasteiger partial charge in [0.15, 0.2) is 0 Å². The summed E-state index contributed by atoms with van der Waals surface area (Å²) >= 11 is 7.08. The number of dihydropyridines is 1. The van der Waals surface area contributed by atoms with Crippen molar-refractivity contribution in [2.45, 2.75) is 19.8 Å². The Morgan fingerprint density at radius 1 is 1.11 bits per heavy atom. The molecule has 0 fully saturated rings. The Labute approximate surface area is 229 Å². The summed E-state index contributed by atoms with van der Waals surface area (Å²) in [6, 6.07) is 19.5. The number of nitrogens with zero attached hydrogens (tertiary/aromatic N) is 1. The molecule has 0 radical (unpaired) electrons. The number of rotatable bonds is 9. The molecule has 0 saturated heterocycles. The van der Waals surface area contributed by atoms with Crippen LogP contribution in [0.1, 0.15) is 25.5 Å². The molecular formula is C28H25ClN4O4S. The summed E-state index contributed by atoms with van der Waals surface area (Å²) in [4.78, 5) is 26.0. The minimum absolute atomic E-state index is 0.0437. The van der Waals surface area contributed by atoms with Crippen molar-refractivity contribution in [1.29, 1.82) is 5.26 Å². The molecule has 1 aliphatic heterocycles. The zero-order valence-corrected chi connectivity index (χ0v) is 22.3. The Morgan fingerprint density at radius 3 is 2.42 bits per heavy atom. The number of ether oxygens (including phenoxy) is 1. The molecule has 2 amide bonds. The summed E-state index contributed by atoms with van der Waals surface area (Å²) in [5.74, 6) is -0.187. The number of hydrogen-bond donors (Lipinski definition) is 3. The molecule has 38 heavy (non-hydrogen) atoms. The monoisotopic (exact) mass is 548 g/mol. The average molecular weight is 549 g/mol. The lowest BCUT2D eigenvalue weighted by Gasteiger charge is -2.28. The van der Waals surface area contributed by atoms with Gasteiger partial charge in [0.2, 0.25) is 5.91 Å². The van der Waals surface area contributed by atoms with Gasteiger partial charge in [-0.2, -0.15) is 5.26 Å². The van der Waals surface area contributed by atoms with Crippen LogP contribution in [0.3, 0.4) is 0 Å². The number of thioether (sulfide) groups is 1. The minimum atomic E-state index is -0.749. The van der Waals surface area contributed by atoms with Gasteiger partial charge in [-0.3, -0.25) is 9.59 Å². The number of allylic oxidation sites excluding steroid dienone is 2. The van der Waals surface area contributed by atoms with E-state index in [-0.39, 0.29) is 23.1 Å². The van der Waals surface area contributed by atoms with Crippen LogP contribution in [0.4, 0.5) is 11.4 Å². The summed E-state index contributed by atoms with van der Waals surface area (Å²) in [6.45, 7) is 4.20. The van der Waals surface area contributed by atoms with Crippen molar-refractivity contribution in [1.82, 2.24) is 5.32 Å². The van der Waals surface area contributed by atoms with E-state index in [0.717, 1.165) is 0 Å². The fourth-order valence-electron chi connectivity index (χ4n) is 3.94. The highest BCUT2D eigenvalue weighted by Gasteiger charge is 2.36. The highest BCUT2D eigenvalue weighted by Crippen LogP contribution is 2.41. The number of amides is 2. The molecule has 0 saturated carbocycles. The van der Waals surface area contributed by atoms with Crippen molar-refractivity contribution in [3.8, 4) is 11.8 Å². The second-order valence-corrected chi connectivity index (χ2v) is 9.64. The lowest BCUT2D eigenvalue weighted by Crippen LogP contribution is -2.31. The van der Waals surface area contributed by atoms with Gasteiger partial charge in [-0.05, 0) is 74.5 Å². The Hall–Kier alpha value is -4.13. The van der Waals surface area contributed by atoms with Gasteiger partial charge in [-0.25, -0.2) is 0 Å². The first-order valence-corrected chi connectivity index (χ1v) is 13.1. The number of anilines is 2. The first kappa shape index (κ1) is 26.9. The van der Waals surface area contributed by atoms with Crippen LogP contribution < -0.4 is 20.7 Å². The van der Waals surface area contributed by atoms with Crippen LogP contribution in [0.2, 0.25) is 5.02 Å². The van der Waals surface area contributed by atoms with Gasteiger partial charge in [0, 0.05) is 22.1 Å².